The van der Waals surface area contributed by atoms with Crippen LogP contribution < -0.4 is 5.19 Å². The van der Waals surface area contributed by atoms with Gasteiger partial charge in [-0.15, -0.1) is 0 Å². The third-order valence-electron chi connectivity index (χ3n) is 3.41. The predicted molar refractivity (Wildman–Crippen MR) is 84.2 cm³/mol. The van der Waals surface area contributed by atoms with Crippen molar-refractivity contribution in [1.29, 1.82) is 0 Å². The lowest BCUT2D eigenvalue weighted by Gasteiger charge is -2.30. The van der Waals surface area contributed by atoms with E-state index in [0.717, 1.165) is 6.42 Å². The van der Waals surface area contributed by atoms with E-state index in [1.807, 2.05) is 0 Å². The number of benzene rings is 1. The molecule has 0 saturated heterocycles. The van der Waals surface area contributed by atoms with Crippen LogP contribution in [0.3, 0.4) is 0 Å². The maximum Gasteiger partial charge on any atom is 0.249 e. The summed E-state index contributed by atoms with van der Waals surface area (Å²) >= 11 is 0. The van der Waals surface area contributed by atoms with E-state index in [2.05, 4.69) is 56.0 Å². The molecule has 0 fully saturated rings. The van der Waals surface area contributed by atoms with Crippen molar-refractivity contribution >= 4 is 21.3 Å². The Kier molecular flexibility index (Phi) is 4.46. The lowest BCUT2D eigenvalue weighted by Crippen LogP contribution is -2.53. The van der Waals surface area contributed by atoms with Crippen LogP contribution in [0, 0.1) is 0 Å². The monoisotopic (exact) mass is 276 g/mol. The largest absolute Gasteiger partial charge is 0.548 e. The molecule has 2 rings (SSSR count). The molecule has 1 unspecified atom stereocenters. The molecular formula is C15H24OSi2. The van der Waals surface area contributed by atoms with Gasteiger partial charge in [-0.1, -0.05) is 50.0 Å². The van der Waals surface area contributed by atoms with Gasteiger partial charge < -0.3 is 4.43 Å². The van der Waals surface area contributed by atoms with Crippen molar-refractivity contribution in [3.05, 3.63) is 42.2 Å². The summed E-state index contributed by atoms with van der Waals surface area (Å²) in [5, 5.41) is 1.48. The van der Waals surface area contributed by atoms with Crippen LogP contribution in [0.5, 0.6) is 0 Å². The summed E-state index contributed by atoms with van der Waals surface area (Å²) in [5.41, 5.74) is 0. The van der Waals surface area contributed by atoms with Crippen LogP contribution in [0.2, 0.25) is 19.6 Å². The third kappa shape index (κ3) is 3.59. The Morgan fingerprint density at radius 1 is 1.06 bits per heavy atom. The summed E-state index contributed by atoms with van der Waals surface area (Å²) < 4.78 is 6.50. The van der Waals surface area contributed by atoms with E-state index in [1.54, 1.807) is 0 Å². The molecule has 1 atom stereocenters. The molecule has 0 heterocycles. The van der Waals surface area contributed by atoms with Gasteiger partial charge in [-0.2, -0.15) is 0 Å². The molecular weight excluding hydrogens is 252 g/mol. The number of rotatable bonds is 4. The van der Waals surface area contributed by atoms with E-state index in [0.29, 0.717) is 0 Å². The highest BCUT2D eigenvalue weighted by Gasteiger charge is 2.33. The zero-order valence-electron chi connectivity index (χ0n) is 11.8. The Morgan fingerprint density at radius 3 is 2.33 bits per heavy atom. The Labute approximate surface area is 113 Å². The molecule has 0 radical (unpaired) electrons. The quantitative estimate of drug-likeness (QED) is 0.765. The van der Waals surface area contributed by atoms with Crippen molar-refractivity contribution in [2.75, 3.05) is 0 Å². The molecule has 0 spiro atoms. The van der Waals surface area contributed by atoms with Gasteiger partial charge in [0.25, 0.3) is 0 Å². The summed E-state index contributed by atoms with van der Waals surface area (Å²) in [6, 6.07) is 10.9. The van der Waals surface area contributed by atoms with Crippen molar-refractivity contribution < 1.29 is 4.43 Å². The van der Waals surface area contributed by atoms with Crippen LogP contribution in [0.15, 0.2) is 42.2 Å². The minimum absolute atomic E-state index is 1.15. The van der Waals surface area contributed by atoms with E-state index >= 15 is 0 Å². The highest BCUT2D eigenvalue weighted by atomic mass is 29.2. The third-order valence-corrected chi connectivity index (χ3v) is 12.6. The normalized spacial score (nSPS) is 18.1. The van der Waals surface area contributed by atoms with Gasteiger partial charge in [0.1, 0.15) is 0 Å². The van der Waals surface area contributed by atoms with Crippen molar-refractivity contribution in [3.8, 4) is 0 Å². The Morgan fingerprint density at radius 2 is 1.78 bits per heavy atom. The maximum absolute atomic E-state index is 6.50. The predicted octanol–water partition coefficient (Wildman–Crippen LogP) is 3.51. The highest BCUT2D eigenvalue weighted by molar-refractivity contribution is 7.34. The summed E-state index contributed by atoms with van der Waals surface area (Å²) in [6.45, 7) is 7.33. The van der Waals surface area contributed by atoms with Crippen molar-refractivity contribution in [1.82, 2.24) is 0 Å². The van der Waals surface area contributed by atoms with Crippen molar-refractivity contribution in [2.45, 2.75) is 45.3 Å². The van der Waals surface area contributed by atoms with Gasteiger partial charge >= 0.3 is 0 Å². The SMILES string of the molecule is C[Si](C)(C)[SiH](OC1=CCCCC1)c1ccccc1. The standard InChI is InChI=1S/C15H24OSi2/c1-18(2,3)17(15-12-8-5-9-13-15)16-14-10-6-4-7-11-14/h5,8-10,12-13,17H,4,6-7,11H2,1-3H3. The molecule has 1 nitrogen and oxygen atoms in total. The van der Waals surface area contributed by atoms with Gasteiger partial charge in [-0.25, -0.2) is 0 Å². The van der Waals surface area contributed by atoms with E-state index in [1.165, 1.54) is 30.2 Å². The molecule has 1 aromatic rings. The van der Waals surface area contributed by atoms with Crippen LogP contribution in [0.1, 0.15) is 25.7 Å². The van der Waals surface area contributed by atoms with Crippen LogP contribution in [0.4, 0.5) is 0 Å². The van der Waals surface area contributed by atoms with Gasteiger partial charge in [-0.3, -0.25) is 0 Å². The first-order chi connectivity index (χ1) is 8.57. The summed E-state index contributed by atoms with van der Waals surface area (Å²) in [4.78, 5) is 0. The molecule has 98 valence electrons. The molecule has 0 bridgehead atoms. The lowest BCUT2D eigenvalue weighted by atomic mass is 10.1. The van der Waals surface area contributed by atoms with E-state index in [4.69, 9.17) is 4.43 Å². The van der Waals surface area contributed by atoms with Gasteiger partial charge in [-0.05, 0) is 30.5 Å². The van der Waals surface area contributed by atoms with Crippen LogP contribution in [-0.4, -0.2) is 16.1 Å². The molecule has 1 aliphatic carbocycles. The molecule has 1 aromatic carbocycles. The van der Waals surface area contributed by atoms with Gasteiger partial charge in [0, 0.05) is 6.42 Å². The van der Waals surface area contributed by atoms with E-state index in [9.17, 15) is 0 Å². The second-order valence-corrected chi connectivity index (χ2v) is 19.4. The fourth-order valence-corrected chi connectivity index (χ4v) is 10.1. The summed E-state index contributed by atoms with van der Waals surface area (Å²) in [5.74, 6) is 1.28. The van der Waals surface area contributed by atoms with Crippen LogP contribution in [0.25, 0.3) is 0 Å². The smallest absolute Gasteiger partial charge is 0.249 e. The fraction of sp³-hybridized carbons (Fsp3) is 0.467. The minimum atomic E-state index is -1.28. The van der Waals surface area contributed by atoms with E-state index < -0.39 is 16.1 Å². The molecule has 0 saturated carbocycles. The first kappa shape index (κ1) is 13.6. The molecule has 0 aromatic heterocycles. The Balaban J connectivity index is 2.19. The lowest BCUT2D eigenvalue weighted by molar-refractivity contribution is 0.403. The number of hydrogen-bond acceptors (Lipinski definition) is 1. The highest BCUT2D eigenvalue weighted by Crippen LogP contribution is 2.21. The first-order valence-corrected chi connectivity index (χ1v) is 13.3. The number of allylic oxidation sites excluding steroid dienone is 2. The van der Waals surface area contributed by atoms with Gasteiger partial charge in [0.15, 0.2) is 0 Å². The van der Waals surface area contributed by atoms with Crippen molar-refractivity contribution in [3.63, 3.8) is 0 Å². The molecule has 18 heavy (non-hydrogen) atoms. The Bertz CT molecular complexity index is 406. The maximum atomic E-state index is 6.50. The Hall–Kier alpha value is -0.806. The van der Waals surface area contributed by atoms with Crippen LogP contribution >= 0.6 is 0 Å². The molecule has 1 aliphatic rings. The molecule has 0 N–H and O–H groups in total. The van der Waals surface area contributed by atoms with Crippen molar-refractivity contribution in [2.24, 2.45) is 0 Å². The average Bonchev–Trinajstić information content (AvgIpc) is 2.37. The van der Waals surface area contributed by atoms with E-state index in [-0.39, 0.29) is 0 Å². The topological polar surface area (TPSA) is 9.23 Å². The number of hydrogen-bond donors (Lipinski definition) is 0. The summed E-state index contributed by atoms with van der Waals surface area (Å²) in [7, 11) is -2.52. The molecule has 0 aliphatic heterocycles. The van der Waals surface area contributed by atoms with Crippen LogP contribution in [-0.2, 0) is 4.43 Å². The van der Waals surface area contributed by atoms with Gasteiger partial charge in [0.2, 0.25) is 8.56 Å². The second-order valence-electron chi connectivity index (χ2n) is 6.19. The molecule has 3 heteroatoms. The zero-order valence-corrected chi connectivity index (χ0v) is 13.9. The first-order valence-electron chi connectivity index (χ1n) is 6.98. The fourth-order valence-electron chi connectivity index (χ4n) is 2.44. The zero-order chi connectivity index (χ0) is 13.0. The minimum Gasteiger partial charge on any atom is -0.548 e. The van der Waals surface area contributed by atoms with Gasteiger partial charge in [0.05, 0.1) is 13.4 Å². The summed E-state index contributed by atoms with van der Waals surface area (Å²) in [6.07, 6.45) is 7.31. The average molecular weight is 277 g/mol. The second kappa shape index (κ2) is 5.89. The molecule has 0 amide bonds.